The van der Waals surface area contributed by atoms with Crippen LogP contribution in [0.25, 0.3) is 0 Å². The molecule has 168 valence electrons. The fraction of sp³-hybridized carbons (Fsp3) is 0.364. The molecule has 10 heteroatoms. The third-order valence-electron chi connectivity index (χ3n) is 5.58. The summed E-state index contributed by atoms with van der Waals surface area (Å²) in [5.74, 6) is 0.854. The number of hydrogen-bond acceptors (Lipinski definition) is 8. The van der Waals surface area contributed by atoms with Crippen LogP contribution in [0.2, 0.25) is 0 Å². The number of ether oxygens (including phenoxy) is 2. The van der Waals surface area contributed by atoms with Gasteiger partial charge in [0.2, 0.25) is 5.95 Å². The summed E-state index contributed by atoms with van der Waals surface area (Å²) in [5.41, 5.74) is 1.66. The molecule has 2 aromatic rings. The van der Waals surface area contributed by atoms with Crippen molar-refractivity contribution in [3.05, 3.63) is 59.6 Å². The summed E-state index contributed by atoms with van der Waals surface area (Å²) in [5, 5.41) is 5.66. The number of nitrogens with one attached hydrogen (secondary N) is 2. The molecule has 0 spiro atoms. The Morgan fingerprint density at radius 3 is 2.56 bits per heavy atom. The van der Waals surface area contributed by atoms with Crippen molar-refractivity contribution >= 4 is 17.9 Å². The van der Waals surface area contributed by atoms with Crippen LogP contribution >= 0.6 is 0 Å². The maximum atomic E-state index is 12.8. The van der Waals surface area contributed by atoms with Gasteiger partial charge in [0, 0.05) is 50.8 Å². The minimum Gasteiger partial charge on any atom is -0.497 e. The van der Waals surface area contributed by atoms with E-state index in [2.05, 4.69) is 30.4 Å². The molecule has 0 saturated carbocycles. The highest BCUT2D eigenvalue weighted by Gasteiger charge is 2.34. The number of carbonyl (C=O) groups is 2. The SMILES string of the molecule is COC(=O)C1=C(CN2CCN(c3ncccn3)CC2)NC(=O)N[C@@H]1c1cccc(OC)c1. The Morgan fingerprint density at radius 1 is 1.12 bits per heavy atom. The average Bonchev–Trinajstić information content (AvgIpc) is 2.84. The summed E-state index contributed by atoms with van der Waals surface area (Å²) >= 11 is 0. The fourth-order valence-corrected chi connectivity index (χ4v) is 3.95. The van der Waals surface area contributed by atoms with Crippen molar-refractivity contribution in [1.82, 2.24) is 25.5 Å². The van der Waals surface area contributed by atoms with E-state index in [1.54, 1.807) is 31.6 Å². The number of nitrogens with zero attached hydrogens (tertiary/aromatic N) is 4. The van der Waals surface area contributed by atoms with Crippen LogP contribution in [0, 0.1) is 0 Å². The molecule has 1 fully saturated rings. The van der Waals surface area contributed by atoms with E-state index >= 15 is 0 Å². The second-order valence-corrected chi connectivity index (χ2v) is 7.50. The zero-order valence-electron chi connectivity index (χ0n) is 18.1. The van der Waals surface area contributed by atoms with Crippen molar-refractivity contribution in [3.8, 4) is 5.75 Å². The number of benzene rings is 1. The fourth-order valence-electron chi connectivity index (χ4n) is 3.95. The normalized spacial score (nSPS) is 19.2. The summed E-state index contributed by atoms with van der Waals surface area (Å²) in [7, 11) is 2.91. The molecule has 1 atom stereocenters. The van der Waals surface area contributed by atoms with Gasteiger partial charge in [-0.2, -0.15) is 0 Å². The topological polar surface area (TPSA) is 109 Å². The highest BCUT2D eigenvalue weighted by atomic mass is 16.5. The number of piperazine rings is 1. The molecule has 32 heavy (non-hydrogen) atoms. The molecule has 1 saturated heterocycles. The number of carbonyl (C=O) groups excluding carboxylic acids is 2. The van der Waals surface area contributed by atoms with Crippen molar-refractivity contribution in [2.45, 2.75) is 6.04 Å². The van der Waals surface area contributed by atoms with E-state index in [4.69, 9.17) is 9.47 Å². The Kier molecular flexibility index (Phi) is 6.50. The maximum absolute atomic E-state index is 12.8. The van der Waals surface area contributed by atoms with E-state index in [1.165, 1.54) is 7.11 Å². The Hall–Kier alpha value is -3.66. The van der Waals surface area contributed by atoms with Crippen LogP contribution in [0.3, 0.4) is 0 Å². The first-order valence-corrected chi connectivity index (χ1v) is 10.4. The number of rotatable bonds is 6. The van der Waals surface area contributed by atoms with Crippen LogP contribution in [0.4, 0.5) is 10.7 Å². The smallest absolute Gasteiger partial charge is 0.338 e. The summed E-state index contributed by atoms with van der Waals surface area (Å²) in [6.45, 7) is 3.39. The van der Waals surface area contributed by atoms with Gasteiger partial charge in [-0.05, 0) is 23.8 Å². The molecule has 2 amide bonds. The van der Waals surface area contributed by atoms with Gasteiger partial charge in [-0.1, -0.05) is 12.1 Å². The van der Waals surface area contributed by atoms with Crippen LogP contribution in [0.1, 0.15) is 11.6 Å². The lowest BCUT2D eigenvalue weighted by Gasteiger charge is -2.37. The molecular formula is C22H26N6O4. The van der Waals surface area contributed by atoms with Gasteiger partial charge in [0.25, 0.3) is 0 Å². The largest absolute Gasteiger partial charge is 0.497 e. The number of methoxy groups -OCH3 is 2. The van der Waals surface area contributed by atoms with Crippen LogP contribution in [-0.2, 0) is 9.53 Å². The third kappa shape index (κ3) is 4.65. The van der Waals surface area contributed by atoms with Crippen molar-refractivity contribution in [3.63, 3.8) is 0 Å². The zero-order valence-corrected chi connectivity index (χ0v) is 18.1. The van der Waals surface area contributed by atoms with E-state index < -0.39 is 12.0 Å². The van der Waals surface area contributed by atoms with E-state index in [9.17, 15) is 9.59 Å². The predicted octanol–water partition coefficient (Wildman–Crippen LogP) is 1.09. The predicted molar refractivity (Wildman–Crippen MR) is 117 cm³/mol. The van der Waals surface area contributed by atoms with E-state index in [0.29, 0.717) is 29.5 Å². The molecular weight excluding hydrogens is 412 g/mol. The lowest BCUT2D eigenvalue weighted by molar-refractivity contribution is -0.136. The minimum absolute atomic E-state index is 0.364. The van der Waals surface area contributed by atoms with Gasteiger partial charge in [-0.25, -0.2) is 19.6 Å². The highest BCUT2D eigenvalue weighted by molar-refractivity contribution is 5.95. The molecule has 10 nitrogen and oxygen atoms in total. The second-order valence-electron chi connectivity index (χ2n) is 7.50. The van der Waals surface area contributed by atoms with E-state index in [0.717, 1.165) is 31.7 Å². The molecule has 2 N–H and O–H groups in total. The summed E-state index contributed by atoms with van der Waals surface area (Å²) in [4.78, 5) is 38.1. The Morgan fingerprint density at radius 2 is 1.88 bits per heavy atom. The van der Waals surface area contributed by atoms with Crippen molar-refractivity contribution < 1.29 is 19.1 Å². The molecule has 0 bridgehead atoms. The van der Waals surface area contributed by atoms with E-state index in [1.807, 2.05) is 18.2 Å². The molecule has 0 aliphatic carbocycles. The minimum atomic E-state index is -0.639. The lowest BCUT2D eigenvalue weighted by Crippen LogP contribution is -2.52. The molecule has 0 radical (unpaired) electrons. The van der Waals surface area contributed by atoms with Crippen molar-refractivity contribution in [1.29, 1.82) is 0 Å². The molecule has 4 rings (SSSR count). The number of esters is 1. The Bertz CT molecular complexity index is 1000. The first-order chi connectivity index (χ1) is 15.6. The van der Waals surface area contributed by atoms with Crippen molar-refractivity contribution in [2.24, 2.45) is 0 Å². The van der Waals surface area contributed by atoms with Crippen molar-refractivity contribution in [2.75, 3.05) is 51.8 Å². The van der Waals surface area contributed by atoms with Gasteiger partial charge in [-0.3, -0.25) is 4.90 Å². The number of hydrogen-bond donors (Lipinski definition) is 2. The van der Waals surface area contributed by atoms with Crippen LogP contribution in [0.15, 0.2) is 54.0 Å². The monoisotopic (exact) mass is 438 g/mol. The molecule has 0 unspecified atom stereocenters. The van der Waals surface area contributed by atoms with Gasteiger partial charge < -0.3 is 25.0 Å². The van der Waals surface area contributed by atoms with Crippen LogP contribution < -0.4 is 20.3 Å². The molecule has 2 aliphatic rings. The number of anilines is 1. The van der Waals surface area contributed by atoms with E-state index in [-0.39, 0.29) is 6.03 Å². The maximum Gasteiger partial charge on any atom is 0.338 e. The van der Waals surface area contributed by atoms with Gasteiger partial charge in [0.05, 0.1) is 25.8 Å². The second kappa shape index (κ2) is 9.65. The first kappa shape index (κ1) is 21.6. The number of aromatic nitrogens is 2. The molecule has 3 heterocycles. The molecule has 1 aromatic heterocycles. The van der Waals surface area contributed by atoms with Crippen LogP contribution in [0.5, 0.6) is 5.75 Å². The highest BCUT2D eigenvalue weighted by Crippen LogP contribution is 2.30. The zero-order chi connectivity index (χ0) is 22.5. The van der Waals surface area contributed by atoms with Gasteiger partial charge in [0.1, 0.15) is 5.75 Å². The van der Waals surface area contributed by atoms with Gasteiger partial charge >= 0.3 is 12.0 Å². The number of urea groups is 1. The summed E-state index contributed by atoms with van der Waals surface area (Å²) in [6.07, 6.45) is 3.46. The average molecular weight is 438 g/mol. The third-order valence-corrected chi connectivity index (χ3v) is 5.58. The Labute approximate surface area is 186 Å². The Balaban J connectivity index is 1.56. The molecule has 2 aliphatic heterocycles. The van der Waals surface area contributed by atoms with Gasteiger partial charge in [-0.15, -0.1) is 0 Å². The van der Waals surface area contributed by atoms with Crippen LogP contribution in [-0.4, -0.2) is 73.8 Å². The summed E-state index contributed by atoms with van der Waals surface area (Å²) < 4.78 is 10.4. The molecule has 1 aromatic carbocycles. The number of amides is 2. The van der Waals surface area contributed by atoms with Gasteiger partial charge in [0.15, 0.2) is 0 Å². The first-order valence-electron chi connectivity index (χ1n) is 10.4. The quantitative estimate of drug-likeness (QED) is 0.645. The lowest BCUT2D eigenvalue weighted by atomic mass is 9.94. The summed E-state index contributed by atoms with van der Waals surface area (Å²) in [6, 6.07) is 8.07. The standard InChI is InChI=1S/C22H26N6O4/c1-31-16-6-3-5-15(13-16)19-18(20(29)32-2)17(25-22(30)26-19)14-27-9-11-28(12-10-27)21-23-7-4-8-24-21/h3-8,13,19H,9-12,14H2,1-2H3,(H2,25,26,30)/t19-/m1/s1.